The first kappa shape index (κ1) is 16.9. The number of aryl methyl sites for hydroxylation is 1. The van der Waals surface area contributed by atoms with Crippen LogP contribution in [0, 0.1) is 12.7 Å². The van der Waals surface area contributed by atoms with E-state index < -0.39 is 23.7 Å². The van der Waals surface area contributed by atoms with Crippen LogP contribution in [0.1, 0.15) is 43.7 Å². The number of aromatic nitrogens is 1. The number of nitrogens with one attached hydrogen (secondary N) is 1. The third-order valence-corrected chi connectivity index (χ3v) is 4.48. The first-order chi connectivity index (χ1) is 10.8. The normalized spacial score (nSPS) is 11.8. The lowest BCUT2D eigenvalue weighted by molar-refractivity contribution is 0.0700. The van der Waals surface area contributed by atoms with Gasteiger partial charge in [0.25, 0.3) is 5.91 Å². The van der Waals surface area contributed by atoms with Crippen molar-refractivity contribution >= 4 is 23.2 Å². The molecule has 0 saturated heterocycles. The highest BCUT2D eigenvalue weighted by Gasteiger charge is 2.23. The average molecular weight is 338 g/mol. The van der Waals surface area contributed by atoms with E-state index >= 15 is 0 Å². The molecule has 2 rings (SSSR count). The van der Waals surface area contributed by atoms with Gasteiger partial charge in [-0.25, -0.2) is 14.2 Å². The molecule has 0 radical (unpaired) electrons. The Hall–Kier alpha value is -2.48. The second-order valence-electron chi connectivity index (χ2n) is 4.78. The molecule has 8 heteroatoms. The van der Waals surface area contributed by atoms with Crippen LogP contribution in [0.25, 0.3) is 0 Å². The summed E-state index contributed by atoms with van der Waals surface area (Å²) >= 11 is 0.977. The Balaban J connectivity index is 2.24. The van der Waals surface area contributed by atoms with E-state index in [4.69, 9.17) is 9.84 Å². The van der Waals surface area contributed by atoms with Crippen molar-refractivity contribution in [3.63, 3.8) is 0 Å². The molecule has 1 unspecified atom stereocenters. The predicted octanol–water partition coefficient (Wildman–Crippen LogP) is 2.79. The summed E-state index contributed by atoms with van der Waals surface area (Å²) in [7, 11) is 1.35. The van der Waals surface area contributed by atoms with Crippen molar-refractivity contribution in [2.45, 2.75) is 19.9 Å². The molecule has 1 atom stereocenters. The number of carbonyl (C=O) groups excluding carboxylic acids is 1. The fraction of sp³-hybridized carbons (Fsp3) is 0.267. The van der Waals surface area contributed by atoms with Gasteiger partial charge >= 0.3 is 5.97 Å². The van der Waals surface area contributed by atoms with E-state index in [1.807, 2.05) is 0 Å². The molecule has 6 nitrogen and oxygen atoms in total. The largest absolute Gasteiger partial charge is 0.496 e. The lowest BCUT2D eigenvalue weighted by Gasteiger charge is -2.13. The molecule has 1 amide bonds. The van der Waals surface area contributed by atoms with E-state index in [1.165, 1.54) is 19.2 Å². The van der Waals surface area contributed by atoms with Gasteiger partial charge in [-0.2, -0.15) is 0 Å². The molecule has 0 spiro atoms. The summed E-state index contributed by atoms with van der Waals surface area (Å²) in [6.07, 6.45) is 0. The van der Waals surface area contributed by atoms with Gasteiger partial charge in [-0.3, -0.25) is 4.79 Å². The highest BCUT2D eigenvalue weighted by molar-refractivity contribution is 7.13. The van der Waals surface area contributed by atoms with Crippen molar-refractivity contribution in [1.82, 2.24) is 10.3 Å². The van der Waals surface area contributed by atoms with Gasteiger partial charge in [-0.1, -0.05) is 6.07 Å². The number of thiazole rings is 1. The summed E-state index contributed by atoms with van der Waals surface area (Å²) in [5, 5.41) is 12.1. The SMILES string of the molecule is COc1cccc(F)c1C(=O)NC(C)c1nc(C)c(C(=O)O)s1. The molecule has 122 valence electrons. The minimum Gasteiger partial charge on any atom is -0.496 e. The van der Waals surface area contributed by atoms with E-state index in [0.29, 0.717) is 10.7 Å². The number of carboxylic acids is 1. The van der Waals surface area contributed by atoms with Crippen molar-refractivity contribution in [2.75, 3.05) is 7.11 Å². The average Bonchev–Trinajstić information content (AvgIpc) is 2.89. The topological polar surface area (TPSA) is 88.5 Å². The summed E-state index contributed by atoms with van der Waals surface area (Å²) in [5.41, 5.74) is 0.177. The van der Waals surface area contributed by atoms with Crippen LogP contribution in [-0.2, 0) is 0 Å². The Kier molecular flexibility index (Phi) is 4.95. The number of rotatable bonds is 5. The van der Waals surface area contributed by atoms with Gasteiger partial charge in [0.05, 0.1) is 18.8 Å². The fourth-order valence-corrected chi connectivity index (χ4v) is 2.93. The number of nitrogens with zero attached hydrogens (tertiary/aromatic N) is 1. The summed E-state index contributed by atoms with van der Waals surface area (Å²) in [5.74, 6) is -2.30. The summed E-state index contributed by atoms with van der Waals surface area (Å²) < 4.78 is 18.9. The molecule has 0 aliphatic heterocycles. The number of halogens is 1. The third-order valence-electron chi connectivity index (χ3n) is 3.15. The molecule has 2 aromatic rings. The minimum absolute atomic E-state index is 0.115. The molecule has 0 saturated carbocycles. The number of hydrogen-bond acceptors (Lipinski definition) is 5. The molecule has 2 N–H and O–H groups in total. The van der Waals surface area contributed by atoms with Crippen molar-refractivity contribution < 1.29 is 23.8 Å². The number of amides is 1. The predicted molar refractivity (Wildman–Crippen MR) is 82.6 cm³/mol. The standard InChI is InChI=1S/C15H15FN2O4S/c1-7-12(15(20)21)23-14(18-7)8(2)17-13(19)11-9(16)5-4-6-10(11)22-3/h4-6,8H,1-3H3,(H,17,19)(H,20,21). The van der Waals surface area contributed by atoms with Gasteiger partial charge in [0, 0.05) is 0 Å². The molecule has 1 heterocycles. The van der Waals surface area contributed by atoms with Crippen LogP contribution in [0.3, 0.4) is 0 Å². The van der Waals surface area contributed by atoms with Crippen LogP contribution in [0.2, 0.25) is 0 Å². The zero-order valence-corrected chi connectivity index (χ0v) is 13.5. The number of methoxy groups -OCH3 is 1. The summed E-state index contributed by atoms with van der Waals surface area (Å²) in [4.78, 5) is 27.6. The van der Waals surface area contributed by atoms with E-state index in [0.717, 1.165) is 17.4 Å². The highest BCUT2D eigenvalue weighted by atomic mass is 32.1. The van der Waals surface area contributed by atoms with Crippen molar-refractivity contribution in [2.24, 2.45) is 0 Å². The van der Waals surface area contributed by atoms with Gasteiger partial charge in [0.15, 0.2) is 0 Å². The van der Waals surface area contributed by atoms with Gasteiger partial charge in [-0.05, 0) is 26.0 Å². The fourth-order valence-electron chi connectivity index (χ4n) is 2.03. The van der Waals surface area contributed by atoms with Crippen molar-refractivity contribution in [3.05, 3.63) is 45.2 Å². The molecular formula is C15H15FN2O4S. The molecule has 0 aliphatic carbocycles. The van der Waals surface area contributed by atoms with E-state index in [1.54, 1.807) is 13.8 Å². The van der Waals surface area contributed by atoms with Crippen molar-refractivity contribution in [1.29, 1.82) is 0 Å². The van der Waals surface area contributed by atoms with Crippen LogP contribution in [0.15, 0.2) is 18.2 Å². The quantitative estimate of drug-likeness (QED) is 0.875. The third kappa shape index (κ3) is 3.48. The van der Waals surface area contributed by atoms with Crippen LogP contribution in [0.4, 0.5) is 4.39 Å². The minimum atomic E-state index is -1.07. The van der Waals surface area contributed by atoms with Crippen LogP contribution in [-0.4, -0.2) is 29.1 Å². The first-order valence-corrected chi connectivity index (χ1v) is 7.50. The summed E-state index contributed by atoms with van der Waals surface area (Å²) in [6.45, 7) is 3.23. The van der Waals surface area contributed by atoms with Gasteiger partial charge in [0.1, 0.15) is 27.0 Å². The van der Waals surface area contributed by atoms with E-state index in [9.17, 15) is 14.0 Å². The highest BCUT2D eigenvalue weighted by Crippen LogP contribution is 2.25. The number of aromatic carboxylic acids is 1. The molecular weight excluding hydrogens is 323 g/mol. The number of carbonyl (C=O) groups is 2. The lowest BCUT2D eigenvalue weighted by Crippen LogP contribution is -2.27. The molecule has 0 fully saturated rings. The zero-order chi connectivity index (χ0) is 17.1. The van der Waals surface area contributed by atoms with Gasteiger partial charge in [0.2, 0.25) is 0 Å². The van der Waals surface area contributed by atoms with Gasteiger partial charge < -0.3 is 15.2 Å². The smallest absolute Gasteiger partial charge is 0.347 e. The lowest BCUT2D eigenvalue weighted by atomic mass is 10.1. The second-order valence-corrected chi connectivity index (χ2v) is 5.81. The maximum atomic E-state index is 13.9. The second kappa shape index (κ2) is 6.74. The van der Waals surface area contributed by atoms with Crippen LogP contribution >= 0.6 is 11.3 Å². The molecule has 1 aromatic heterocycles. The maximum Gasteiger partial charge on any atom is 0.347 e. The Labute approximate surface area is 135 Å². The Bertz CT molecular complexity index is 760. The Morgan fingerprint density at radius 2 is 2.13 bits per heavy atom. The van der Waals surface area contributed by atoms with E-state index in [2.05, 4.69) is 10.3 Å². The van der Waals surface area contributed by atoms with E-state index in [-0.39, 0.29) is 16.2 Å². The van der Waals surface area contributed by atoms with Crippen LogP contribution < -0.4 is 10.1 Å². The Morgan fingerprint density at radius 3 is 2.70 bits per heavy atom. The molecule has 1 aromatic carbocycles. The number of ether oxygens (including phenoxy) is 1. The number of carboxylic acid groups (broad SMARTS) is 1. The van der Waals surface area contributed by atoms with Crippen LogP contribution in [0.5, 0.6) is 5.75 Å². The molecule has 0 bridgehead atoms. The number of benzene rings is 1. The molecule has 0 aliphatic rings. The number of hydrogen-bond donors (Lipinski definition) is 2. The Morgan fingerprint density at radius 1 is 1.43 bits per heavy atom. The maximum absolute atomic E-state index is 13.9. The first-order valence-electron chi connectivity index (χ1n) is 6.69. The summed E-state index contributed by atoms with van der Waals surface area (Å²) in [6, 6.07) is 3.53. The van der Waals surface area contributed by atoms with Crippen molar-refractivity contribution in [3.8, 4) is 5.75 Å². The van der Waals surface area contributed by atoms with Gasteiger partial charge in [-0.15, -0.1) is 11.3 Å². The zero-order valence-electron chi connectivity index (χ0n) is 12.7. The monoisotopic (exact) mass is 338 g/mol. The molecule has 23 heavy (non-hydrogen) atoms.